The first-order valence-electron chi connectivity index (χ1n) is 3.60. The summed E-state index contributed by atoms with van der Waals surface area (Å²) < 4.78 is 46.5. The maximum absolute atomic E-state index is 12.4. The molecule has 1 rings (SSSR count). The van der Waals surface area contributed by atoms with Crippen molar-refractivity contribution < 1.29 is 17.2 Å². The highest BCUT2D eigenvalue weighted by Crippen LogP contribution is 2.25. The smallest absolute Gasteiger partial charge is 0.260 e. The number of aryl methyl sites for hydroxylation is 1. The summed E-state index contributed by atoms with van der Waals surface area (Å²) in [5.41, 5.74) is -0.298. The van der Waals surface area contributed by atoms with Crippen LogP contribution < -0.4 is 5.14 Å². The van der Waals surface area contributed by atoms with Gasteiger partial charge in [0.25, 0.3) is 6.43 Å². The molecule has 0 aliphatic heterocycles. The molecule has 1 aromatic heterocycles. The van der Waals surface area contributed by atoms with Crippen LogP contribution in [0.2, 0.25) is 0 Å². The molecule has 0 aromatic carbocycles. The highest BCUT2D eigenvalue weighted by Gasteiger charge is 2.20. The minimum Gasteiger partial charge on any atom is -0.260 e. The van der Waals surface area contributed by atoms with Crippen molar-refractivity contribution in [3.05, 3.63) is 23.5 Å². The Kier molecular flexibility index (Phi) is 2.81. The fourth-order valence-electron chi connectivity index (χ4n) is 0.977. The number of nitrogens with zero attached hydrogens (tertiary/aromatic N) is 1. The Morgan fingerprint density at radius 3 is 2.50 bits per heavy atom. The zero-order valence-electron chi connectivity index (χ0n) is 7.24. The van der Waals surface area contributed by atoms with Gasteiger partial charge in [-0.1, -0.05) is 0 Å². The maximum Gasteiger partial charge on any atom is 0.265 e. The second kappa shape index (κ2) is 3.58. The first-order chi connectivity index (χ1) is 6.32. The lowest BCUT2D eigenvalue weighted by Gasteiger charge is -2.06. The van der Waals surface area contributed by atoms with Crippen molar-refractivity contribution in [2.45, 2.75) is 18.2 Å². The minimum absolute atomic E-state index is 0.313. The van der Waals surface area contributed by atoms with Gasteiger partial charge in [0.15, 0.2) is 0 Å². The summed E-state index contributed by atoms with van der Waals surface area (Å²) in [5, 5.41) is 4.74. The quantitative estimate of drug-likeness (QED) is 0.810. The number of hydrogen-bond donors (Lipinski definition) is 1. The van der Waals surface area contributed by atoms with Crippen LogP contribution in [0.3, 0.4) is 0 Å². The van der Waals surface area contributed by atoms with Crippen molar-refractivity contribution >= 4 is 10.0 Å². The van der Waals surface area contributed by atoms with Crippen LogP contribution in [0.25, 0.3) is 0 Å². The van der Waals surface area contributed by atoms with Crippen LogP contribution in [0, 0.1) is 6.92 Å². The summed E-state index contributed by atoms with van der Waals surface area (Å²) in [4.78, 5) is 2.97. The predicted octanol–water partition coefficient (Wildman–Crippen LogP) is 0.975. The monoisotopic (exact) mass is 222 g/mol. The van der Waals surface area contributed by atoms with Crippen LogP contribution in [0.15, 0.2) is 17.2 Å². The fourth-order valence-corrected chi connectivity index (χ4v) is 1.65. The first kappa shape index (κ1) is 11.0. The Bertz CT molecular complexity index is 445. The molecule has 1 heterocycles. The first-order valence-corrected chi connectivity index (χ1v) is 5.14. The molecular weight excluding hydrogens is 214 g/mol. The third-order valence-electron chi connectivity index (χ3n) is 1.58. The Morgan fingerprint density at radius 2 is 2.07 bits per heavy atom. The van der Waals surface area contributed by atoms with E-state index < -0.39 is 26.9 Å². The largest absolute Gasteiger partial charge is 0.265 e. The van der Waals surface area contributed by atoms with Crippen molar-refractivity contribution in [2.24, 2.45) is 5.14 Å². The zero-order chi connectivity index (χ0) is 10.9. The predicted molar refractivity (Wildman–Crippen MR) is 45.3 cm³/mol. The molecule has 2 N–H and O–H groups in total. The number of hydrogen-bond acceptors (Lipinski definition) is 3. The molecule has 0 radical (unpaired) electrons. The van der Waals surface area contributed by atoms with Gasteiger partial charge < -0.3 is 0 Å². The molecule has 78 valence electrons. The van der Waals surface area contributed by atoms with Gasteiger partial charge >= 0.3 is 0 Å². The van der Waals surface area contributed by atoms with Crippen molar-refractivity contribution in [1.29, 1.82) is 0 Å². The molecule has 0 spiro atoms. The molecule has 0 aliphatic carbocycles. The summed E-state index contributed by atoms with van der Waals surface area (Å²) in [6.45, 7) is 1.48. The highest BCUT2D eigenvalue weighted by atomic mass is 32.2. The number of halogens is 2. The molecule has 0 atom stereocenters. The third kappa shape index (κ3) is 2.24. The number of nitrogens with two attached hydrogens (primary N) is 1. The SMILES string of the molecule is Cc1cc(C(F)F)c(S(N)(=O)=O)cn1. The molecule has 1 aromatic rings. The van der Waals surface area contributed by atoms with Gasteiger partial charge in [-0.25, -0.2) is 22.3 Å². The van der Waals surface area contributed by atoms with E-state index in [1.807, 2.05) is 0 Å². The average molecular weight is 222 g/mol. The van der Waals surface area contributed by atoms with Gasteiger partial charge in [-0.3, -0.25) is 4.98 Å². The summed E-state index contributed by atoms with van der Waals surface area (Å²) in [5.74, 6) is 0. The Hall–Kier alpha value is -1.08. The van der Waals surface area contributed by atoms with Crippen molar-refractivity contribution in [1.82, 2.24) is 4.98 Å². The van der Waals surface area contributed by atoms with E-state index in [4.69, 9.17) is 5.14 Å². The van der Waals surface area contributed by atoms with Crippen LogP contribution >= 0.6 is 0 Å². The van der Waals surface area contributed by atoms with Crippen LogP contribution in [0.1, 0.15) is 17.7 Å². The maximum atomic E-state index is 12.4. The number of primary sulfonamides is 1. The summed E-state index contributed by atoms with van der Waals surface area (Å²) in [7, 11) is -4.14. The van der Waals surface area contributed by atoms with E-state index in [-0.39, 0.29) is 0 Å². The highest BCUT2D eigenvalue weighted by molar-refractivity contribution is 7.89. The van der Waals surface area contributed by atoms with E-state index in [0.29, 0.717) is 5.69 Å². The molecule has 0 bridgehead atoms. The molecule has 0 unspecified atom stereocenters. The molecule has 4 nitrogen and oxygen atoms in total. The lowest BCUT2D eigenvalue weighted by molar-refractivity contribution is 0.147. The van der Waals surface area contributed by atoms with Crippen molar-refractivity contribution in [2.75, 3.05) is 0 Å². The number of pyridine rings is 1. The van der Waals surface area contributed by atoms with E-state index >= 15 is 0 Å². The van der Waals surface area contributed by atoms with E-state index in [0.717, 1.165) is 12.3 Å². The van der Waals surface area contributed by atoms with Crippen LogP contribution in [-0.2, 0) is 10.0 Å². The molecule has 0 amide bonds. The molecule has 0 aliphatic rings. The van der Waals surface area contributed by atoms with Gasteiger partial charge in [0.1, 0.15) is 4.90 Å². The Morgan fingerprint density at radius 1 is 1.50 bits per heavy atom. The van der Waals surface area contributed by atoms with Crippen LogP contribution in [0.4, 0.5) is 8.78 Å². The summed E-state index contributed by atoms with van der Waals surface area (Å²) >= 11 is 0. The number of alkyl halides is 2. The number of aromatic nitrogens is 1. The normalized spacial score (nSPS) is 12.1. The van der Waals surface area contributed by atoms with Gasteiger partial charge in [0.05, 0.1) is 0 Å². The van der Waals surface area contributed by atoms with E-state index in [9.17, 15) is 17.2 Å². The summed E-state index contributed by atoms with van der Waals surface area (Å²) in [6.07, 6.45) is -2.04. The second-order valence-corrected chi connectivity index (χ2v) is 4.24. The standard InChI is InChI=1S/C7H8F2N2O2S/c1-4-2-5(7(8)9)6(3-11-4)14(10,12)13/h2-3,7H,1H3,(H2,10,12,13). The Balaban J connectivity index is 3.45. The topological polar surface area (TPSA) is 73.1 Å². The third-order valence-corrected chi connectivity index (χ3v) is 2.53. The molecule has 0 fully saturated rings. The van der Waals surface area contributed by atoms with E-state index in [1.54, 1.807) is 0 Å². The van der Waals surface area contributed by atoms with E-state index in [2.05, 4.69) is 4.98 Å². The molecule has 14 heavy (non-hydrogen) atoms. The van der Waals surface area contributed by atoms with Gasteiger partial charge in [0, 0.05) is 17.5 Å². The van der Waals surface area contributed by atoms with Crippen molar-refractivity contribution in [3.8, 4) is 0 Å². The fraction of sp³-hybridized carbons (Fsp3) is 0.286. The minimum atomic E-state index is -4.14. The lowest BCUT2D eigenvalue weighted by Crippen LogP contribution is -2.15. The van der Waals surface area contributed by atoms with Gasteiger partial charge in [-0.05, 0) is 13.0 Å². The second-order valence-electron chi connectivity index (χ2n) is 2.71. The van der Waals surface area contributed by atoms with Crippen LogP contribution in [-0.4, -0.2) is 13.4 Å². The zero-order valence-corrected chi connectivity index (χ0v) is 8.05. The molecular formula is C7H8F2N2O2S. The van der Waals surface area contributed by atoms with Gasteiger partial charge in [-0.15, -0.1) is 0 Å². The Labute approximate surface area is 79.8 Å². The lowest BCUT2D eigenvalue weighted by atomic mass is 10.2. The van der Waals surface area contributed by atoms with Crippen LogP contribution in [0.5, 0.6) is 0 Å². The molecule has 0 saturated heterocycles. The van der Waals surface area contributed by atoms with Gasteiger partial charge in [-0.2, -0.15) is 0 Å². The number of rotatable bonds is 2. The van der Waals surface area contributed by atoms with E-state index in [1.165, 1.54) is 6.92 Å². The van der Waals surface area contributed by atoms with Gasteiger partial charge in [0.2, 0.25) is 10.0 Å². The molecule has 7 heteroatoms. The number of sulfonamides is 1. The molecule has 0 saturated carbocycles. The van der Waals surface area contributed by atoms with Crippen molar-refractivity contribution in [3.63, 3.8) is 0 Å². The summed E-state index contributed by atoms with van der Waals surface area (Å²) in [6, 6.07) is 1.00. The average Bonchev–Trinajstić information content (AvgIpc) is 2.01.